The minimum atomic E-state index is -0.260. The number of anilines is 1. The second-order valence-electron chi connectivity index (χ2n) is 7.45. The summed E-state index contributed by atoms with van der Waals surface area (Å²) in [5.41, 5.74) is 7.54. The molecule has 3 heteroatoms. The number of aliphatic hydroxyl groups excluding tert-OH is 1. The van der Waals surface area contributed by atoms with Crippen LogP contribution < -0.4 is 5.73 Å². The van der Waals surface area contributed by atoms with E-state index in [2.05, 4.69) is 6.92 Å². The highest BCUT2D eigenvalue weighted by molar-refractivity contribution is 5.87. The minimum absolute atomic E-state index is 0.0169. The summed E-state index contributed by atoms with van der Waals surface area (Å²) in [6.45, 7) is 2.27. The molecule has 0 aliphatic heterocycles. The molecule has 0 saturated heterocycles. The number of nitrogen functional groups attached to an aromatic ring is 1. The van der Waals surface area contributed by atoms with Gasteiger partial charge < -0.3 is 10.8 Å². The van der Waals surface area contributed by atoms with Crippen molar-refractivity contribution < 1.29 is 9.90 Å². The predicted molar refractivity (Wildman–Crippen MR) is 111 cm³/mol. The number of nitrogens with two attached hydrogens (primary N) is 1. The zero-order chi connectivity index (χ0) is 19.0. The van der Waals surface area contributed by atoms with Crippen LogP contribution in [-0.4, -0.2) is 17.5 Å². The van der Waals surface area contributed by atoms with Crippen LogP contribution in [0.15, 0.2) is 24.3 Å². The molecule has 0 saturated carbocycles. The molecule has 0 aliphatic rings. The van der Waals surface area contributed by atoms with Gasteiger partial charge in [0.2, 0.25) is 0 Å². The Kier molecular flexibility index (Phi) is 12.9. The average molecular weight is 362 g/mol. The van der Waals surface area contributed by atoms with E-state index in [0.29, 0.717) is 18.5 Å². The van der Waals surface area contributed by atoms with Gasteiger partial charge in [-0.15, -0.1) is 0 Å². The summed E-state index contributed by atoms with van der Waals surface area (Å²) in [4.78, 5) is 12.6. The van der Waals surface area contributed by atoms with Crippen molar-refractivity contribution in [2.45, 2.75) is 96.3 Å². The Morgan fingerprint density at radius 3 is 2.00 bits per heavy atom. The van der Waals surface area contributed by atoms with Crippen molar-refractivity contribution in [1.29, 1.82) is 0 Å². The third kappa shape index (κ3) is 9.38. The molecular formula is C23H39NO2. The van der Waals surface area contributed by atoms with E-state index >= 15 is 0 Å². The highest BCUT2D eigenvalue weighted by Crippen LogP contribution is 2.27. The number of unbranched alkanes of at least 4 members (excludes halogenated alkanes) is 10. The fraction of sp³-hybridized carbons (Fsp3) is 0.696. The third-order valence-corrected chi connectivity index (χ3v) is 5.20. The molecule has 26 heavy (non-hydrogen) atoms. The number of carbonyl (C=O) groups is 1. The number of rotatable bonds is 16. The quantitative estimate of drug-likeness (QED) is 0.280. The fourth-order valence-corrected chi connectivity index (χ4v) is 3.58. The van der Waals surface area contributed by atoms with E-state index in [4.69, 9.17) is 5.73 Å². The Hall–Kier alpha value is -1.35. The molecule has 3 N–H and O–H groups in total. The molecule has 148 valence electrons. The third-order valence-electron chi connectivity index (χ3n) is 5.20. The molecule has 0 aliphatic carbocycles. The second-order valence-corrected chi connectivity index (χ2v) is 7.45. The molecule has 1 rings (SSSR count). The molecule has 0 bridgehead atoms. The van der Waals surface area contributed by atoms with Gasteiger partial charge in [0, 0.05) is 24.6 Å². The van der Waals surface area contributed by atoms with E-state index < -0.39 is 0 Å². The maximum atomic E-state index is 12.6. The van der Waals surface area contributed by atoms with Crippen molar-refractivity contribution in [1.82, 2.24) is 0 Å². The maximum Gasteiger partial charge on any atom is 0.140 e. The highest BCUT2D eigenvalue weighted by Gasteiger charge is 2.21. The van der Waals surface area contributed by atoms with Crippen molar-refractivity contribution in [2.24, 2.45) is 0 Å². The molecule has 0 radical (unpaired) electrons. The molecule has 0 aromatic heterocycles. The molecule has 0 fully saturated rings. The normalized spacial score (nSPS) is 12.2. The lowest BCUT2D eigenvalue weighted by Gasteiger charge is -2.17. The number of ketones is 1. The first-order valence-corrected chi connectivity index (χ1v) is 10.7. The van der Waals surface area contributed by atoms with Gasteiger partial charge in [-0.2, -0.15) is 0 Å². The van der Waals surface area contributed by atoms with Crippen molar-refractivity contribution >= 4 is 11.5 Å². The molecule has 0 amide bonds. The Morgan fingerprint density at radius 2 is 1.46 bits per heavy atom. The molecule has 1 atom stereocenters. The molecule has 1 aromatic rings. The van der Waals surface area contributed by atoms with Crippen LogP contribution in [0.2, 0.25) is 0 Å². The van der Waals surface area contributed by atoms with Gasteiger partial charge in [0.1, 0.15) is 5.78 Å². The van der Waals surface area contributed by atoms with Crippen LogP contribution in [0.5, 0.6) is 0 Å². The first-order valence-electron chi connectivity index (χ1n) is 10.7. The van der Waals surface area contributed by atoms with Crippen LogP contribution in [0.4, 0.5) is 5.69 Å². The summed E-state index contributed by atoms with van der Waals surface area (Å²) in [7, 11) is 0. The van der Waals surface area contributed by atoms with Crippen LogP contribution in [0, 0.1) is 0 Å². The monoisotopic (exact) mass is 361 g/mol. The number of carbonyl (C=O) groups excluding carboxylic acids is 1. The zero-order valence-corrected chi connectivity index (χ0v) is 16.7. The summed E-state index contributed by atoms with van der Waals surface area (Å²) >= 11 is 0. The molecule has 0 heterocycles. The Morgan fingerprint density at radius 1 is 0.923 bits per heavy atom. The molecular weight excluding hydrogens is 322 g/mol. The van der Waals surface area contributed by atoms with E-state index in [-0.39, 0.29) is 18.3 Å². The van der Waals surface area contributed by atoms with Gasteiger partial charge in [-0.25, -0.2) is 0 Å². The number of hydrogen-bond donors (Lipinski definition) is 2. The topological polar surface area (TPSA) is 63.3 Å². The van der Waals surface area contributed by atoms with Crippen LogP contribution in [-0.2, 0) is 4.79 Å². The first-order chi connectivity index (χ1) is 12.7. The number of Topliss-reactive ketones (excluding diaryl/α,β-unsaturated/α-hetero) is 1. The zero-order valence-electron chi connectivity index (χ0n) is 16.7. The van der Waals surface area contributed by atoms with Gasteiger partial charge in [0.05, 0.1) is 0 Å². The Labute approximate surface area is 160 Å². The summed E-state index contributed by atoms with van der Waals surface area (Å²) in [5.74, 6) is -0.0443. The van der Waals surface area contributed by atoms with Gasteiger partial charge >= 0.3 is 0 Å². The number of aliphatic hydroxyl groups is 1. The summed E-state index contributed by atoms with van der Waals surface area (Å²) in [6.07, 6.45) is 15.2. The summed E-state index contributed by atoms with van der Waals surface area (Å²) in [5, 5.41) is 9.30. The van der Waals surface area contributed by atoms with E-state index in [1.165, 1.54) is 57.8 Å². The number of benzene rings is 1. The molecule has 3 nitrogen and oxygen atoms in total. The first kappa shape index (κ1) is 22.7. The summed E-state index contributed by atoms with van der Waals surface area (Å²) < 4.78 is 0. The van der Waals surface area contributed by atoms with Gasteiger partial charge in [-0.1, -0.05) is 89.3 Å². The highest BCUT2D eigenvalue weighted by atomic mass is 16.3. The lowest BCUT2D eigenvalue weighted by molar-refractivity contribution is -0.121. The fourth-order valence-electron chi connectivity index (χ4n) is 3.58. The Balaban J connectivity index is 2.17. The van der Waals surface area contributed by atoms with Gasteiger partial charge in [0.15, 0.2) is 0 Å². The minimum Gasteiger partial charge on any atom is -0.398 e. The Bertz CT molecular complexity index is 487. The van der Waals surface area contributed by atoms with Crippen LogP contribution >= 0.6 is 0 Å². The van der Waals surface area contributed by atoms with Crippen molar-refractivity contribution in [2.75, 3.05) is 12.3 Å². The largest absolute Gasteiger partial charge is 0.398 e. The van der Waals surface area contributed by atoms with Gasteiger partial charge in [-0.3, -0.25) is 4.79 Å². The van der Waals surface area contributed by atoms with Crippen LogP contribution in [0.3, 0.4) is 0 Å². The maximum absolute atomic E-state index is 12.6. The van der Waals surface area contributed by atoms with E-state index in [1.54, 1.807) is 0 Å². The van der Waals surface area contributed by atoms with E-state index in [1.807, 2.05) is 24.3 Å². The number of para-hydroxylation sites is 1. The van der Waals surface area contributed by atoms with E-state index in [0.717, 1.165) is 18.4 Å². The van der Waals surface area contributed by atoms with Gasteiger partial charge in [0.25, 0.3) is 0 Å². The molecule has 1 aromatic carbocycles. The number of hydrogen-bond acceptors (Lipinski definition) is 3. The van der Waals surface area contributed by atoms with Gasteiger partial charge in [-0.05, 0) is 24.5 Å². The predicted octanol–water partition coefficient (Wildman–Crippen LogP) is 6.01. The smallest absolute Gasteiger partial charge is 0.140 e. The molecule has 1 unspecified atom stereocenters. The van der Waals surface area contributed by atoms with Crippen molar-refractivity contribution in [3.05, 3.63) is 29.8 Å². The SMILES string of the molecule is CCCCCCCCCCCCCC(=O)C(CCO)c1ccccc1N. The lowest BCUT2D eigenvalue weighted by Crippen LogP contribution is -2.15. The molecule has 0 spiro atoms. The van der Waals surface area contributed by atoms with E-state index in [9.17, 15) is 9.90 Å². The van der Waals surface area contributed by atoms with Crippen molar-refractivity contribution in [3.8, 4) is 0 Å². The summed E-state index contributed by atoms with van der Waals surface area (Å²) in [6, 6.07) is 7.53. The second kappa shape index (κ2) is 14.8. The lowest BCUT2D eigenvalue weighted by atomic mass is 9.88. The van der Waals surface area contributed by atoms with Crippen LogP contribution in [0.1, 0.15) is 102 Å². The van der Waals surface area contributed by atoms with Crippen molar-refractivity contribution in [3.63, 3.8) is 0 Å². The average Bonchev–Trinajstić information content (AvgIpc) is 2.64. The van der Waals surface area contributed by atoms with Crippen LogP contribution in [0.25, 0.3) is 0 Å². The standard InChI is InChI=1S/C23H39NO2/c1-2-3-4-5-6-7-8-9-10-11-12-17-23(26)21(18-19-25)20-15-13-14-16-22(20)24/h13-16,21,25H,2-12,17-19,24H2,1H3.